The van der Waals surface area contributed by atoms with Crippen molar-refractivity contribution in [2.24, 2.45) is 0 Å². The third-order valence-electron chi connectivity index (χ3n) is 2.82. The van der Waals surface area contributed by atoms with Crippen LogP contribution in [0.3, 0.4) is 0 Å². The number of nitrogens with one attached hydrogen (secondary N) is 1. The summed E-state index contributed by atoms with van der Waals surface area (Å²) in [6.07, 6.45) is 3.73. The molecule has 0 saturated heterocycles. The number of benzene rings is 1. The second-order valence-electron chi connectivity index (χ2n) is 4.37. The van der Waals surface area contributed by atoms with E-state index in [1.165, 1.54) is 11.8 Å². The number of hydrogen-bond donors (Lipinski definition) is 1. The van der Waals surface area contributed by atoms with Crippen LogP contribution >= 0.6 is 34.9 Å². The number of nitrogens with zero attached hydrogens (tertiary/aromatic N) is 2. The highest BCUT2D eigenvalue weighted by atomic mass is 32.2. The first-order valence-corrected chi connectivity index (χ1v) is 9.55. The van der Waals surface area contributed by atoms with Gasteiger partial charge in [-0.1, -0.05) is 29.6 Å². The summed E-state index contributed by atoms with van der Waals surface area (Å²) in [4.78, 5) is 20.7. The summed E-state index contributed by atoms with van der Waals surface area (Å²) in [5, 5.41) is 3.76. The number of carbonyl (C=O) groups is 1. The van der Waals surface area contributed by atoms with Gasteiger partial charge < -0.3 is 5.32 Å². The molecule has 0 atom stereocenters. The van der Waals surface area contributed by atoms with Crippen molar-refractivity contribution in [1.82, 2.24) is 9.97 Å². The summed E-state index contributed by atoms with van der Waals surface area (Å²) >= 11 is 4.69. The lowest BCUT2D eigenvalue weighted by molar-refractivity contribution is -0.113. The van der Waals surface area contributed by atoms with E-state index >= 15 is 0 Å². The second-order valence-corrected chi connectivity index (χ2v) is 7.45. The van der Waals surface area contributed by atoms with Crippen LogP contribution < -0.4 is 5.32 Å². The lowest BCUT2D eigenvalue weighted by Gasteiger charge is -2.04. The van der Waals surface area contributed by atoms with Gasteiger partial charge in [0.25, 0.3) is 0 Å². The van der Waals surface area contributed by atoms with Gasteiger partial charge in [0.05, 0.1) is 21.0 Å². The molecule has 1 N–H and O–H groups in total. The summed E-state index contributed by atoms with van der Waals surface area (Å²) in [7, 11) is 0. The molecule has 3 rings (SSSR count). The molecule has 0 aliphatic heterocycles. The number of thioether (sulfide) groups is 2. The highest BCUT2D eigenvalue weighted by Gasteiger charge is 2.07. The van der Waals surface area contributed by atoms with Crippen LogP contribution in [0.4, 0.5) is 5.69 Å². The highest BCUT2D eigenvalue weighted by molar-refractivity contribution is 8.00. The first-order valence-electron chi connectivity index (χ1n) is 6.53. The number of anilines is 1. The fourth-order valence-electron chi connectivity index (χ4n) is 1.84. The van der Waals surface area contributed by atoms with E-state index in [9.17, 15) is 4.79 Å². The Kier molecular flexibility index (Phi) is 4.97. The Morgan fingerprint density at radius 3 is 3.00 bits per heavy atom. The highest BCUT2D eigenvalue weighted by Crippen LogP contribution is 2.30. The Bertz CT molecular complexity index is 789. The summed E-state index contributed by atoms with van der Waals surface area (Å²) in [6.45, 7) is 0. The van der Waals surface area contributed by atoms with E-state index in [1.807, 2.05) is 42.7 Å². The minimum atomic E-state index is -0.0374. The number of amides is 1. The van der Waals surface area contributed by atoms with Crippen LogP contribution in [0.15, 0.2) is 52.0 Å². The third kappa shape index (κ3) is 3.79. The molecule has 112 valence electrons. The van der Waals surface area contributed by atoms with Crippen molar-refractivity contribution in [3.05, 3.63) is 42.6 Å². The molecule has 4 nitrogen and oxygen atoms in total. The van der Waals surface area contributed by atoms with Gasteiger partial charge in [0, 0.05) is 11.9 Å². The van der Waals surface area contributed by atoms with Crippen LogP contribution in [0, 0.1) is 0 Å². The van der Waals surface area contributed by atoms with Crippen LogP contribution in [-0.2, 0) is 4.79 Å². The van der Waals surface area contributed by atoms with Crippen LogP contribution in [-0.4, -0.2) is 27.9 Å². The van der Waals surface area contributed by atoms with Crippen molar-refractivity contribution in [3.63, 3.8) is 0 Å². The second kappa shape index (κ2) is 7.13. The zero-order chi connectivity index (χ0) is 15.4. The zero-order valence-corrected chi connectivity index (χ0v) is 14.2. The van der Waals surface area contributed by atoms with Gasteiger partial charge in [-0.25, -0.2) is 9.97 Å². The number of fused-ring (bicyclic) bond motifs is 1. The Hall–Kier alpha value is -1.57. The molecule has 0 radical (unpaired) electrons. The van der Waals surface area contributed by atoms with E-state index in [-0.39, 0.29) is 5.91 Å². The molecule has 0 bridgehead atoms. The van der Waals surface area contributed by atoms with Gasteiger partial charge in [0.1, 0.15) is 0 Å². The SMILES string of the molecule is CSc1nc2ccc(NC(=O)CSc3ccccn3)cc2s1. The van der Waals surface area contributed by atoms with Gasteiger partial charge in [0.15, 0.2) is 4.34 Å². The van der Waals surface area contributed by atoms with Gasteiger partial charge in [-0.05, 0) is 36.6 Å². The maximum absolute atomic E-state index is 12.0. The molecule has 2 aromatic heterocycles. The van der Waals surface area contributed by atoms with E-state index in [1.54, 1.807) is 29.3 Å². The van der Waals surface area contributed by atoms with Crippen molar-refractivity contribution in [3.8, 4) is 0 Å². The molecular weight excluding hydrogens is 334 g/mol. The average Bonchev–Trinajstić information content (AvgIpc) is 2.96. The molecule has 0 aliphatic rings. The van der Waals surface area contributed by atoms with Crippen molar-refractivity contribution in [2.75, 3.05) is 17.3 Å². The minimum Gasteiger partial charge on any atom is -0.325 e. The smallest absolute Gasteiger partial charge is 0.234 e. The van der Waals surface area contributed by atoms with E-state index in [2.05, 4.69) is 15.3 Å². The topological polar surface area (TPSA) is 54.9 Å². The van der Waals surface area contributed by atoms with Gasteiger partial charge in [-0.3, -0.25) is 4.79 Å². The Morgan fingerprint density at radius 1 is 1.32 bits per heavy atom. The molecule has 0 unspecified atom stereocenters. The van der Waals surface area contributed by atoms with E-state index in [4.69, 9.17) is 0 Å². The van der Waals surface area contributed by atoms with Crippen molar-refractivity contribution in [1.29, 1.82) is 0 Å². The van der Waals surface area contributed by atoms with E-state index < -0.39 is 0 Å². The molecule has 0 aliphatic carbocycles. The predicted octanol–water partition coefficient (Wildman–Crippen LogP) is 4.14. The fourth-order valence-corrected chi connectivity index (χ4v) is 4.03. The van der Waals surface area contributed by atoms with Crippen LogP contribution in [0.5, 0.6) is 0 Å². The lowest BCUT2D eigenvalue weighted by atomic mass is 10.3. The number of aromatic nitrogens is 2. The fraction of sp³-hybridized carbons (Fsp3) is 0.133. The summed E-state index contributed by atoms with van der Waals surface area (Å²) < 4.78 is 2.11. The summed E-state index contributed by atoms with van der Waals surface area (Å²) in [5.74, 6) is 0.304. The standard InChI is InChI=1S/C15H13N3OS3/c1-20-15-18-11-6-5-10(8-12(11)22-15)17-13(19)9-21-14-4-2-3-7-16-14/h2-8H,9H2,1H3,(H,17,19). The lowest BCUT2D eigenvalue weighted by Crippen LogP contribution is -2.13. The van der Waals surface area contributed by atoms with Crippen molar-refractivity contribution in [2.45, 2.75) is 9.37 Å². The Balaban J connectivity index is 1.63. The third-order valence-corrected chi connectivity index (χ3v) is 5.76. The summed E-state index contributed by atoms with van der Waals surface area (Å²) in [5.41, 5.74) is 1.77. The van der Waals surface area contributed by atoms with Crippen LogP contribution in [0.25, 0.3) is 10.2 Å². The predicted molar refractivity (Wildman–Crippen MR) is 95.0 cm³/mol. The quantitative estimate of drug-likeness (QED) is 0.703. The van der Waals surface area contributed by atoms with E-state index in [0.29, 0.717) is 5.75 Å². The number of carbonyl (C=O) groups excluding carboxylic acids is 1. The molecule has 3 aromatic rings. The van der Waals surface area contributed by atoms with Crippen molar-refractivity contribution >= 4 is 56.7 Å². The molecule has 2 heterocycles. The molecular formula is C15H13N3OS3. The molecule has 1 aromatic carbocycles. The van der Waals surface area contributed by atoms with Crippen molar-refractivity contribution < 1.29 is 4.79 Å². The molecule has 7 heteroatoms. The number of thiazole rings is 1. The number of pyridine rings is 1. The average molecular weight is 347 g/mol. The minimum absolute atomic E-state index is 0.0374. The number of rotatable bonds is 5. The monoisotopic (exact) mass is 347 g/mol. The van der Waals surface area contributed by atoms with E-state index in [0.717, 1.165) is 25.3 Å². The summed E-state index contributed by atoms with van der Waals surface area (Å²) in [6, 6.07) is 11.5. The molecule has 0 saturated carbocycles. The van der Waals surface area contributed by atoms with Crippen LogP contribution in [0.2, 0.25) is 0 Å². The largest absolute Gasteiger partial charge is 0.325 e. The van der Waals surface area contributed by atoms with Gasteiger partial charge in [-0.2, -0.15) is 0 Å². The van der Waals surface area contributed by atoms with Gasteiger partial charge in [0.2, 0.25) is 5.91 Å². The van der Waals surface area contributed by atoms with Gasteiger partial charge in [-0.15, -0.1) is 11.3 Å². The van der Waals surface area contributed by atoms with Crippen LogP contribution in [0.1, 0.15) is 0 Å². The molecule has 1 amide bonds. The normalized spacial score (nSPS) is 10.8. The number of hydrogen-bond acceptors (Lipinski definition) is 6. The Labute approximate surface area is 140 Å². The maximum atomic E-state index is 12.0. The first kappa shape index (κ1) is 15.3. The first-order chi connectivity index (χ1) is 10.7. The zero-order valence-electron chi connectivity index (χ0n) is 11.8. The maximum Gasteiger partial charge on any atom is 0.234 e. The molecule has 22 heavy (non-hydrogen) atoms. The van der Waals surface area contributed by atoms with Gasteiger partial charge >= 0.3 is 0 Å². The Morgan fingerprint density at radius 2 is 2.23 bits per heavy atom. The molecule has 0 spiro atoms. The molecule has 0 fully saturated rings.